The second kappa shape index (κ2) is 12.2. The van der Waals surface area contributed by atoms with Crippen molar-refractivity contribution in [3.63, 3.8) is 0 Å². The molecular weight excluding hydrogens is 272 g/mol. The molecule has 0 aromatic heterocycles. The average molecular weight is 292 g/mol. The third-order valence-corrected chi connectivity index (χ3v) is 2.89. The highest BCUT2D eigenvalue weighted by Gasteiger charge is 2.24. The van der Waals surface area contributed by atoms with E-state index < -0.39 is 5.54 Å². The van der Waals surface area contributed by atoms with Gasteiger partial charge in [-0.05, 0) is 38.5 Å². The molecule has 0 amide bonds. The lowest BCUT2D eigenvalue weighted by molar-refractivity contribution is 0.107. The summed E-state index contributed by atoms with van der Waals surface area (Å²) in [6.45, 7) is 0.587. The lowest BCUT2D eigenvalue weighted by Gasteiger charge is -2.29. The van der Waals surface area contributed by atoms with Crippen molar-refractivity contribution in [1.82, 2.24) is 0 Å². The van der Waals surface area contributed by atoms with Crippen LogP contribution in [0.25, 0.3) is 0 Å². The van der Waals surface area contributed by atoms with Crippen molar-refractivity contribution in [3.8, 4) is 0 Å². The van der Waals surface area contributed by atoms with Gasteiger partial charge in [0.2, 0.25) is 0 Å². The van der Waals surface area contributed by atoms with Gasteiger partial charge in [0.1, 0.15) is 19.8 Å². The maximum absolute atomic E-state index is 9.80. The maximum Gasteiger partial charge on any atom is 0.155 e. The van der Waals surface area contributed by atoms with Crippen molar-refractivity contribution in [2.24, 2.45) is 21.8 Å². The fourth-order valence-corrected chi connectivity index (χ4v) is 1.95. The SMILES string of the molecule is NC(CCCON=O)(CCCON=O)CCCON=O. The summed E-state index contributed by atoms with van der Waals surface area (Å²) in [5.74, 6) is 0. The van der Waals surface area contributed by atoms with Gasteiger partial charge in [-0.2, -0.15) is 0 Å². The molecule has 0 rings (SSSR count). The monoisotopic (exact) mass is 292 g/mol. The van der Waals surface area contributed by atoms with Crippen LogP contribution in [-0.4, -0.2) is 25.4 Å². The highest BCUT2D eigenvalue weighted by Crippen LogP contribution is 2.23. The first-order valence-electron chi connectivity index (χ1n) is 6.31. The van der Waals surface area contributed by atoms with E-state index in [-0.39, 0.29) is 19.8 Å². The molecule has 0 fully saturated rings. The Bertz CT molecular complexity index is 238. The molecule has 0 aliphatic rings. The number of nitrogens with zero attached hydrogens (tertiary/aromatic N) is 3. The Morgan fingerprint density at radius 1 is 0.700 bits per heavy atom. The predicted molar refractivity (Wildman–Crippen MR) is 69.9 cm³/mol. The van der Waals surface area contributed by atoms with Crippen LogP contribution in [0.5, 0.6) is 0 Å². The third-order valence-electron chi connectivity index (χ3n) is 2.89. The molecule has 0 saturated carbocycles. The van der Waals surface area contributed by atoms with Crippen molar-refractivity contribution >= 4 is 0 Å². The number of nitrogens with two attached hydrogens (primary N) is 1. The minimum Gasteiger partial charge on any atom is -0.364 e. The first-order valence-corrected chi connectivity index (χ1v) is 6.31. The van der Waals surface area contributed by atoms with Crippen LogP contribution >= 0.6 is 0 Å². The van der Waals surface area contributed by atoms with Crippen LogP contribution in [-0.2, 0) is 14.5 Å². The Labute approximate surface area is 116 Å². The lowest BCUT2D eigenvalue weighted by atomic mass is 9.85. The predicted octanol–water partition coefficient (Wildman–Crippen LogP) is 2.12. The molecule has 0 atom stereocenters. The summed E-state index contributed by atoms with van der Waals surface area (Å²) in [5.41, 5.74) is 5.73. The molecule has 10 heteroatoms. The van der Waals surface area contributed by atoms with E-state index in [2.05, 4.69) is 30.5 Å². The van der Waals surface area contributed by atoms with Gasteiger partial charge >= 0.3 is 0 Å². The largest absolute Gasteiger partial charge is 0.364 e. The van der Waals surface area contributed by atoms with Crippen LogP contribution in [0.4, 0.5) is 0 Å². The second-order valence-corrected chi connectivity index (χ2v) is 4.40. The van der Waals surface area contributed by atoms with Crippen LogP contribution in [0.2, 0.25) is 0 Å². The summed E-state index contributed by atoms with van der Waals surface area (Å²) in [6.07, 6.45) is 3.52. The molecule has 0 aromatic carbocycles. The standard InChI is InChI=1S/C10H20N4O6/c11-10(4-1-7-18-12-15,5-2-8-19-13-16)6-3-9-20-14-17/h1-9,11H2. The average Bonchev–Trinajstić information content (AvgIpc) is 2.45. The summed E-state index contributed by atoms with van der Waals surface area (Å²) in [6, 6.07) is 0. The Kier molecular flexibility index (Phi) is 11.1. The van der Waals surface area contributed by atoms with Gasteiger partial charge in [0, 0.05) is 5.54 Å². The van der Waals surface area contributed by atoms with Crippen molar-refractivity contribution in [3.05, 3.63) is 14.7 Å². The highest BCUT2D eigenvalue weighted by atomic mass is 16.7. The first-order chi connectivity index (χ1) is 9.68. The third kappa shape index (κ3) is 10.1. The Morgan fingerprint density at radius 2 is 1.00 bits per heavy atom. The maximum atomic E-state index is 9.80. The van der Waals surface area contributed by atoms with Gasteiger partial charge in [0.25, 0.3) is 0 Å². The van der Waals surface area contributed by atoms with Crippen molar-refractivity contribution in [2.75, 3.05) is 19.8 Å². The molecule has 2 N–H and O–H groups in total. The highest BCUT2D eigenvalue weighted by molar-refractivity contribution is 4.83. The fraction of sp³-hybridized carbons (Fsp3) is 1.00. The van der Waals surface area contributed by atoms with Crippen LogP contribution < -0.4 is 5.73 Å². The smallest absolute Gasteiger partial charge is 0.155 e. The van der Waals surface area contributed by atoms with Crippen molar-refractivity contribution < 1.29 is 14.5 Å². The topological polar surface area (TPSA) is 142 Å². The van der Waals surface area contributed by atoms with Gasteiger partial charge in [-0.3, -0.25) is 0 Å². The zero-order valence-corrected chi connectivity index (χ0v) is 11.2. The minimum atomic E-state index is -0.523. The van der Waals surface area contributed by atoms with E-state index in [9.17, 15) is 14.7 Å². The van der Waals surface area contributed by atoms with E-state index in [1.54, 1.807) is 0 Å². The molecule has 0 aliphatic heterocycles. The van der Waals surface area contributed by atoms with E-state index in [1.807, 2.05) is 0 Å². The Morgan fingerprint density at radius 3 is 1.25 bits per heavy atom. The van der Waals surface area contributed by atoms with Crippen LogP contribution in [0, 0.1) is 14.7 Å². The molecule has 10 nitrogen and oxygen atoms in total. The number of rotatable bonds is 15. The summed E-state index contributed by atoms with van der Waals surface area (Å²) >= 11 is 0. The van der Waals surface area contributed by atoms with Gasteiger partial charge in [0.15, 0.2) is 16.0 Å². The Hall–Kier alpha value is -1.84. The minimum absolute atomic E-state index is 0.196. The van der Waals surface area contributed by atoms with E-state index in [1.165, 1.54) is 0 Å². The molecule has 0 heterocycles. The lowest BCUT2D eigenvalue weighted by Crippen LogP contribution is -2.40. The molecule has 0 unspecified atom stereocenters. The summed E-state index contributed by atoms with van der Waals surface area (Å²) in [5, 5.41) is 6.91. The second-order valence-electron chi connectivity index (χ2n) is 4.40. The van der Waals surface area contributed by atoms with Gasteiger partial charge in [-0.25, -0.2) is 0 Å². The molecule has 0 aliphatic carbocycles. The quantitative estimate of drug-likeness (QED) is 0.276. The van der Waals surface area contributed by atoms with Gasteiger partial charge in [-0.1, -0.05) is 0 Å². The summed E-state index contributed by atoms with van der Waals surface area (Å²) in [7, 11) is 0. The fourth-order valence-electron chi connectivity index (χ4n) is 1.95. The molecule has 0 aromatic rings. The summed E-state index contributed by atoms with van der Waals surface area (Å²) < 4.78 is 0. The summed E-state index contributed by atoms with van der Waals surface area (Å²) in [4.78, 5) is 42.5. The van der Waals surface area contributed by atoms with E-state index in [4.69, 9.17) is 5.73 Å². The molecule has 0 radical (unpaired) electrons. The van der Waals surface area contributed by atoms with E-state index in [0.29, 0.717) is 38.5 Å². The van der Waals surface area contributed by atoms with Crippen LogP contribution in [0.15, 0.2) is 16.0 Å². The van der Waals surface area contributed by atoms with Crippen molar-refractivity contribution in [2.45, 2.75) is 44.1 Å². The van der Waals surface area contributed by atoms with Gasteiger partial charge < -0.3 is 20.2 Å². The molecule has 0 saturated heterocycles. The molecule has 116 valence electrons. The zero-order valence-electron chi connectivity index (χ0n) is 11.2. The molecular formula is C10H20N4O6. The van der Waals surface area contributed by atoms with E-state index >= 15 is 0 Å². The molecule has 0 bridgehead atoms. The first kappa shape index (κ1) is 18.2. The van der Waals surface area contributed by atoms with E-state index in [0.717, 1.165) is 0 Å². The van der Waals surface area contributed by atoms with Crippen LogP contribution in [0.1, 0.15) is 38.5 Å². The van der Waals surface area contributed by atoms with Gasteiger partial charge in [-0.15, -0.1) is 14.7 Å². The Balaban J connectivity index is 4.07. The van der Waals surface area contributed by atoms with Crippen LogP contribution in [0.3, 0.4) is 0 Å². The van der Waals surface area contributed by atoms with Gasteiger partial charge in [0.05, 0.1) is 0 Å². The zero-order chi connectivity index (χ0) is 15.1. The number of hydrogen-bond acceptors (Lipinski definition) is 10. The molecule has 0 spiro atoms. The normalized spacial score (nSPS) is 10.7. The van der Waals surface area contributed by atoms with Crippen molar-refractivity contribution in [1.29, 1.82) is 0 Å². The molecule has 20 heavy (non-hydrogen) atoms. The number of hydrogen-bond donors (Lipinski definition) is 1.